The third kappa shape index (κ3) is 4.39. The van der Waals surface area contributed by atoms with Crippen LogP contribution in [0.1, 0.15) is 32.7 Å². The summed E-state index contributed by atoms with van der Waals surface area (Å²) < 4.78 is 5.34. The van der Waals surface area contributed by atoms with Crippen molar-refractivity contribution in [2.45, 2.75) is 12.8 Å². The molecular formula is C24H20N2O3S. The van der Waals surface area contributed by atoms with Crippen LogP contribution >= 0.6 is 11.3 Å². The molecule has 150 valence electrons. The van der Waals surface area contributed by atoms with Gasteiger partial charge in [0.1, 0.15) is 5.75 Å². The Morgan fingerprint density at radius 2 is 1.87 bits per heavy atom. The molecule has 3 aromatic carbocycles. The van der Waals surface area contributed by atoms with Crippen LogP contribution in [-0.4, -0.2) is 23.8 Å². The van der Waals surface area contributed by atoms with Gasteiger partial charge in [0, 0.05) is 29.1 Å². The number of hydrogen-bond donors (Lipinski definition) is 1. The highest BCUT2D eigenvalue weighted by Crippen LogP contribution is 2.27. The summed E-state index contributed by atoms with van der Waals surface area (Å²) in [6, 6.07) is 18.7. The lowest BCUT2D eigenvalue weighted by Gasteiger charge is -2.11. The molecule has 0 aliphatic heterocycles. The normalized spacial score (nSPS) is 10.7. The SMILES string of the molecule is COc1ccc2c(CCC(=O)c3ccccc3)cc(C(=O)Nc3nccs3)cc2c1. The van der Waals surface area contributed by atoms with Crippen molar-refractivity contribution in [3.8, 4) is 5.75 Å². The maximum atomic E-state index is 12.8. The van der Waals surface area contributed by atoms with E-state index in [1.807, 2.05) is 66.0 Å². The molecule has 6 heteroatoms. The maximum absolute atomic E-state index is 12.8. The van der Waals surface area contributed by atoms with E-state index in [1.54, 1.807) is 13.3 Å². The molecule has 30 heavy (non-hydrogen) atoms. The molecule has 1 heterocycles. The van der Waals surface area contributed by atoms with Crippen LogP contribution in [0.15, 0.2) is 72.2 Å². The Morgan fingerprint density at radius 1 is 1.03 bits per heavy atom. The number of ketones is 1. The van der Waals surface area contributed by atoms with Crippen LogP contribution in [0, 0.1) is 0 Å². The van der Waals surface area contributed by atoms with Crippen molar-refractivity contribution in [2.24, 2.45) is 0 Å². The van der Waals surface area contributed by atoms with E-state index >= 15 is 0 Å². The Balaban J connectivity index is 1.65. The molecule has 0 aliphatic rings. The zero-order valence-corrected chi connectivity index (χ0v) is 17.2. The molecule has 1 amide bonds. The minimum atomic E-state index is -0.231. The summed E-state index contributed by atoms with van der Waals surface area (Å²) in [6.07, 6.45) is 2.55. The van der Waals surface area contributed by atoms with Gasteiger partial charge in [0.2, 0.25) is 0 Å². The van der Waals surface area contributed by atoms with Gasteiger partial charge in [-0.3, -0.25) is 14.9 Å². The Labute approximate surface area is 178 Å². The lowest BCUT2D eigenvalue weighted by Crippen LogP contribution is -2.12. The second-order valence-electron chi connectivity index (χ2n) is 6.80. The van der Waals surface area contributed by atoms with Crippen molar-refractivity contribution >= 4 is 38.9 Å². The molecule has 0 radical (unpaired) electrons. The molecule has 0 atom stereocenters. The molecule has 4 aromatic rings. The quantitative estimate of drug-likeness (QED) is 0.411. The number of anilines is 1. The number of fused-ring (bicyclic) bond motifs is 1. The lowest BCUT2D eigenvalue weighted by atomic mass is 9.95. The summed E-state index contributed by atoms with van der Waals surface area (Å²) >= 11 is 1.36. The minimum absolute atomic E-state index is 0.0786. The molecule has 0 spiro atoms. The number of aryl methyl sites for hydroxylation is 1. The van der Waals surface area contributed by atoms with Crippen LogP contribution in [0.5, 0.6) is 5.75 Å². The standard InChI is InChI=1S/C24H20N2O3S/c1-29-20-8-9-21-17(7-10-22(27)16-5-3-2-4-6-16)13-19(14-18(21)15-20)23(28)26-24-25-11-12-30-24/h2-6,8-9,11-15H,7,10H2,1H3,(H,25,26,28). The predicted octanol–water partition coefficient (Wildman–Crippen LogP) is 5.37. The smallest absolute Gasteiger partial charge is 0.257 e. The van der Waals surface area contributed by atoms with Gasteiger partial charge in [0.15, 0.2) is 10.9 Å². The first-order valence-electron chi connectivity index (χ1n) is 9.54. The van der Waals surface area contributed by atoms with Crippen molar-refractivity contribution in [3.63, 3.8) is 0 Å². The zero-order valence-electron chi connectivity index (χ0n) is 16.4. The van der Waals surface area contributed by atoms with E-state index in [2.05, 4.69) is 10.3 Å². The summed E-state index contributed by atoms with van der Waals surface area (Å²) in [7, 11) is 1.61. The first kappa shape index (κ1) is 19.8. The number of methoxy groups -OCH3 is 1. The van der Waals surface area contributed by atoms with E-state index in [-0.39, 0.29) is 11.7 Å². The van der Waals surface area contributed by atoms with E-state index < -0.39 is 0 Å². The van der Waals surface area contributed by atoms with Gasteiger partial charge in [-0.2, -0.15) is 0 Å². The number of hydrogen-bond acceptors (Lipinski definition) is 5. The second-order valence-corrected chi connectivity index (χ2v) is 7.70. The molecule has 1 aromatic heterocycles. The van der Waals surface area contributed by atoms with E-state index in [0.717, 1.165) is 16.3 Å². The molecule has 1 N–H and O–H groups in total. The van der Waals surface area contributed by atoms with Crippen LogP contribution in [0.3, 0.4) is 0 Å². The highest BCUT2D eigenvalue weighted by molar-refractivity contribution is 7.13. The topological polar surface area (TPSA) is 68.3 Å². The van der Waals surface area contributed by atoms with Gasteiger partial charge >= 0.3 is 0 Å². The van der Waals surface area contributed by atoms with Gasteiger partial charge in [-0.05, 0) is 47.0 Å². The molecule has 0 bridgehead atoms. The fourth-order valence-corrected chi connectivity index (χ4v) is 3.89. The number of aromatic nitrogens is 1. The Kier molecular flexibility index (Phi) is 5.86. The Hall–Kier alpha value is -3.51. The fraction of sp³-hybridized carbons (Fsp3) is 0.125. The molecule has 0 aliphatic carbocycles. The van der Waals surface area contributed by atoms with Crippen molar-refractivity contribution in [3.05, 3.63) is 88.9 Å². The van der Waals surface area contributed by atoms with E-state index in [1.165, 1.54) is 11.3 Å². The zero-order chi connectivity index (χ0) is 20.9. The number of rotatable bonds is 7. The van der Waals surface area contributed by atoms with Gasteiger partial charge in [0.25, 0.3) is 5.91 Å². The minimum Gasteiger partial charge on any atom is -0.497 e. The average Bonchev–Trinajstić information content (AvgIpc) is 3.30. The van der Waals surface area contributed by atoms with E-state index in [0.29, 0.717) is 34.8 Å². The van der Waals surface area contributed by atoms with E-state index in [9.17, 15) is 9.59 Å². The summed E-state index contributed by atoms with van der Waals surface area (Å²) in [5.41, 5.74) is 2.16. The van der Waals surface area contributed by atoms with Gasteiger partial charge in [-0.25, -0.2) is 4.98 Å². The van der Waals surface area contributed by atoms with Gasteiger partial charge in [0.05, 0.1) is 7.11 Å². The highest BCUT2D eigenvalue weighted by Gasteiger charge is 2.14. The number of benzene rings is 3. The number of thiazole rings is 1. The van der Waals surface area contributed by atoms with Crippen molar-refractivity contribution in [1.82, 2.24) is 4.98 Å². The van der Waals surface area contributed by atoms with Crippen LogP contribution in [0.25, 0.3) is 10.8 Å². The lowest BCUT2D eigenvalue weighted by molar-refractivity contribution is 0.0982. The van der Waals surface area contributed by atoms with Crippen molar-refractivity contribution < 1.29 is 14.3 Å². The number of nitrogens with one attached hydrogen (secondary N) is 1. The molecule has 5 nitrogen and oxygen atoms in total. The van der Waals surface area contributed by atoms with E-state index in [4.69, 9.17) is 4.74 Å². The van der Waals surface area contributed by atoms with Crippen LogP contribution in [0.2, 0.25) is 0 Å². The summed E-state index contributed by atoms with van der Waals surface area (Å²) in [6.45, 7) is 0. The van der Waals surface area contributed by atoms with Crippen LogP contribution in [0.4, 0.5) is 5.13 Å². The van der Waals surface area contributed by atoms with Crippen molar-refractivity contribution in [1.29, 1.82) is 0 Å². The summed E-state index contributed by atoms with van der Waals surface area (Å²) in [5, 5.41) is 7.07. The van der Waals surface area contributed by atoms with Gasteiger partial charge in [-0.15, -0.1) is 11.3 Å². The molecular weight excluding hydrogens is 396 g/mol. The van der Waals surface area contributed by atoms with Crippen LogP contribution < -0.4 is 10.1 Å². The first-order valence-corrected chi connectivity index (χ1v) is 10.4. The number of amides is 1. The highest BCUT2D eigenvalue weighted by atomic mass is 32.1. The Morgan fingerprint density at radius 3 is 2.60 bits per heavy atom. The molecule has 0 saturated carbocycles. The van der Waals surface area contributed by atoms with Crippen LogP contribution in [-0.2, 0) is 6.42 Å². The average molecular weight is 417 g/mol. The van der Waals surface area contributed by atoms with Gasteiger partial charge in [-0.1, -0.05) is 36.4 Å². The molecule has 0 saturated heterocycles. The Bertz CT molecular complexity index is 1190. The number of carbonyl (C=O) groups excluding carboxylic acids is 2. The summed E-state index contributed by atoms with van der Waals surface area (Å²) in [4.78, 5) is 29.5. The fourth-order valence-electron chi connectivity index (χ4n) is 3.36. The predicted molar refractivity (Wildman–Crippen MR) is 120 cm³/mol. The van der Waals surface area contributed by atoms with Crippen molar-refractivity contribution in [2.75, 3.05) is 12.4 Å². The molecule has 0 unspecified atom stereocenters. The first-order chi connectivity index (χ1) is 14.6. The number of nitrogens with zero attached hydrogens (tertiary/aromatic N) is 1. The number of Topliss-reactive ketones (excluding diaryl/α,β-unsaturated/α-hetero) is 1. The summed E-state index contributed by atoms with van der Waals surface area (Å²) in [5.74, 6) is 0.562. The third-order valence-electron chi connectivity index (χ3n) is 4.88. The van der Waals surface area contributed by atoms with Gasteiger partial charge < -0.3 is 4.74 Å². The largest absolute Gasteiger partial charge is 0.497 e. The maximum Gasteiger partial charge on any atom is 0.257 e. The number of carbonyl (C=O) groups is 2. The number of ether oxygens (including phenoxy) is 1. The third-order valence-corrected chi connectivity index (χ3v) is 5.57. The molecule has 4 rings (SSSR count). The molecule has 0 fully saturated rings. The monoisotopic (exact) mass is 416 g/mol. The second kappa shape index (κ2) is 8.88.